The number of sulfonamides is 1. The molecule has 1 amide bonds. The van der Waals surface area contributed by atoms with Crippen LogP contribution in [0.2, 0.25) is 0 Å². The van der Waals surface area contributed by atoms with Crippen molar-refractivity contribution in [2.45, 2.75) is 23.1 Å². The maximum atomic E-state index is 13.7. The lowest BCUT2D eigenvalue weighted by molar-refractivity contribution is -0.114. The van der Waals surface area contributed by atoms with Crippen molar-refractivity contribution in [2.75, 3.05) is 36.1 Å². The Morgan fingerprint density at radius 3 is 2.43 bits per heavy atom. The van der Waals surface area contributed by atoms with E-state index in [-0.39, 0.29) is 15.8 Å². The molecule has 0 unspecified atom stereocenters. The molecule has 1 heterocycles. The van der Waals surface area contributed by atoms with Crippen LogP contribution in [-0.4, -0.2) is 51.0 Å². The zero-order chi connectivity index (χ0) is 25.6. The van der Waals surface area contributed by atoms with Crippen LogP contribution in [0, 0.1) is 13.8 Å². The fraction of sp³-hybridized carbons (Fsp3) is 0.261. The lowest BCUT2D eigenvalue weighted by atomic mass is 10.1. The molecule has 0 saturated heterocycles. The van der Waals surface area contributed by atoms with E-state index in [0.717, 1.165) is 15.4 Å². The summed E-state index contributed by atoms with van der Waals surface area (Å²) in [6.07, 6.45) is 1.74. The average Bonchev–Trinajstić information content (AvgIpc) is 3.26. The molecule has 9 nitrogen and oxygen atoms in total. The zero-order valence-corrected chi connectivity index (χ0v) is 22.2. The molecule has 0 aliphatic rings. The second-order valence-corrected chi connectivity index (χ2v) is 11.5. The number of hydrogen-bond donors (Lipinski definition) is 1. The van der Waals surface area contributed by atoms with Gasteiger partial charge >= 0.3 is 0 Å². The molecule has 2 aromatic carbocycles. The summed E-state index contributed by atoms with van der Waals surface area (Å²) in [5, 5.41) is 10.9. The van der Waals surface area contributed by atoms with E-state index < -0.39 is 22.5 Å². The minimum absolute atomic E-state index is 0.0406. The number of methoxy groups -OCH3 is 2. The Kier molecular flexibility index (Phi) is 8.76. The van der Waals surface area contributed by atoms with Gasteiger partial charge in [0.25, 0.3) is 10.0 Å². The van der Waals surface area contributed by atoms with Crippen molar-refractivity contribution in [3.05, 3.63) is 60.2 Å². The molecule has 0 atom stereocenters. The van der Waals surface area contributed by atoms with Crippen LogP contribution in [0.4, 0.5) is 10.8 Å². The molecule has 0 aliphatic heterocycles. The van der Waals surface area contributed by atoms with E-state index in [1.54, 1.807) is 18.2 Å². The monoisotopic (exact) mass is 534 g/mol. The van der Waals surface area contributed by atoms with Crippen LogP contribution in [0.15, 0.2) is 58.3 Å². The maximum Gasteiger partial charge on any atom is 0.264 e. The predicted molar refractivity (Wildman–Crippen MR) is 139 cm³/mol. The summed E-state index contributed by atoms with van der Waals surface area (Å²) in [6.45, 7) is 6.92. The lowest BCUT2D eigenvalue weighted by Crippen LogP contribution is -2.38. The SMILES string of the molecule is C=CCSc1nnc(NC(=O)CN(c2cc(C)cc(C)c2)S(=O)(=O)c2ccc(OC)c(OC)c2)s1. The van der Waals surface area contributed by atoms with Gasteiger partial charge in [-0.05, 0) is 49.2 Å². The van der Waals surface area contributed by atoms with Gasteiger partial charge in [0.1, 0.15) is 6.54 Å². The van der Waals surface area contributed by atoms with Gasteiger partial charge in [0.15, 0.2) is 15.8 Å². The molecule has 186 valence electrons. The summed E-state index contributed by atoms with van der Waals surface area (Å²) in [6, 6.07) is 9.65. The topological polar surface area (TPSA) is 111 Å². The van der Waals surface area contributed by atoms with Gasteiger partial charge < -0.3 is 9.47 Å². The van der Waals surface area contributed by atoms with E-state index in [9.17, 15) is 13.2 Å². The molecule has 3 aromatic rings. The van der Waals surface area contributed by atoms with Crippen LogP contribution in [0.3, 0.4) is 0 Å². The van der Waals surface area contributed by atoms with Crippen molar-refractivity contribution in [3.8, 4) is 11.5 Å². The fourth-order valence-electron chi connectivity index (χ4n) is 3.25. The summed E-state index contributed by atoms with van der Waals surface area (Å²) in [4.78, 5) is 12.9. The standard InChI is InChI=1S/C23H26N4O5S3/c1-6-9-33-23-26-25-22(34-23)24-21(28)14-27(17-11-15(2)10-16(3)12-17)35(29,30)18-7-8-19(31-4)20(13-18)32-5/h6-8,10-13H,1,9,14H2,2-5H3,(H,24,25,28). The van der Waals surface area contributed by atoms with Gasteiger partial charge in [0.2, 0.25) is 11.0 Å². The van der Waals surface area contributed by atoms with Crippen LogP contribution >= 0.6 is 23.1 Å². The molecule has 1 aromatic heterocycles. The summed E-state index contributed by atoms with van der Waals surface area (Å²) < 4.78 is 39.7. The highest BCUT2D eigenvalue weighted by molar-refractivity contribution is 8.01. The number of aromatic nitrogens is 2. The number of aryl methyl sites for hydroxylation is 2. The maximum absolute atomic E-state index is 13.7. The number of rotatable bonds is 11. The first-order valence-electron chi connectivity index (χ1n) is 10.4. The van der Waals surface area contributed by atoms with Crippen molar-refractivity contribution in [1.82, 2.24) is 10.2 Å². The summed E-state index contributed by atoms with van der Waals surface area (Å²) >= 11 is 2.64. The zero-order valence-electron chi connectivity index (χ0n) is 19.8. The van der Waals surface area contributed by atoms with E-state index in [0.29, 0.717) is 21.5 Å². The van der Waals surface area contributed by atoms with Crippen molar-refractivity contribution in [3.63, 3.8) is 0 Å². The first-order valence-corrected chi connectivity index (χ1v) is 13.6. The molecular formula is C23H26N4O5S3. The van der Waals surface area contributed by atoms with E-state index in [1.165, 1.54) is 55.5 Å². The summed E-state index contributed by atoms with van der Waals surface area (Å²) in [5.74, 6) is 0.761. The predicted octanol–water partition coefficient (Wildman–Crippen LogP) is 4.28. The van der Waals surface area contributed by atoms with Crippen LogP contribution in [0.1, 0.15) is 11.1 Å². The minimum Gasteiger partial charge on any atom is -0.493 e. The molecule has 35 heavy (non-hydrogen) atoms. The fourth-order valence-corrected chi connectivity index (χ4v) is 6.20. The van der Waals surface area contributed by atoms with Gasteiger partial charge in [-0.25, -0.2) is 8.42 Å². The Bertz CT molecular complexity index is 1300. The van der Waals surface area contributed by atoms with Crippen LogP contribution in [0.5, 0.6) is 11.5 Å². The Hall–Kier alpha value is -3.09. The third-order valence-electron chi connectivity index (χ3n) is 4.70. The quantitative estimate of drug-likeness (QED) is 0.220. The third-order valence-corrected chi connectivity index (χ3v) is 8.44. The van der Waals surface area contributed by atoms with Gasteiger partial charge in [-0.1, -0.05) is 35.2 Å². The van der Waals surface area contributed by atoms with Crippen LogP contribution < -0.4 is 19.1 Å². The molecule has 0 saturated carbocycles. The normalized spacial score (nSPS) is 11.1. The average molecular weight is 535 g/mol. The first-order chi connectivity index (χ1) is 16.7. The summed E-state index contributed by atoms with van der Waals surface area (Å²) in [7, 11) is -1.26. The third kappa shape index (κ3) is 6.53. The number of nitrogens with zero attached hydrogens (tertiary/aromatic N) is 3. The second kappa shape index (κ2) is 11.6. The second-order valence-electron chi connectivity index (χ2n) is 7.40. The van der Waals surface area contributed by atoms with E-state index >= 15 is 0 Å². The molecular weight excluding hydrogens is 508 g/mol. The largest absolute Gasteiger partial charge is 0.493 e. The lowest BCUT2D eigenvalue weighted by Gasteiger charge is -2.25. The molecule has 12 heteroatoms. The smallest absolute Gasteiger partial charge is 0.264 e. The highest BCUT2D eigenvalue weighted by Crippen LogP contribution is 2.33. The highest BCUT2D eigenvalue weighted by atomic mass is 32.2. The Labute approximate surface area is 213 Å². The number of ether oxygens (including phenoxy) is 2. The highest BCUT2D eigenvalue weighted by Gasteiger charge is 2.29. The number of nitrogens with one attached hydrogen (secondary N) is 1. The summed E-state index contributed by atoms with van der Waals surface area (Å²) in [5.41, 5.74) is 2.09. The molecule has 0 fully saturated rings. The van der Waals surface area contributed by atoms with E-state index in [1.807, 2.05) is 19.9 Å². The Morgan fingerprint density at radius 2 is 1.80 bits per heavy atom. The van der Waals surface area contributed by atoms with Crippen molar-refractivity contribution < 1.29 is 22.7 Å². The van der Waals surface area contributed by atoms with Gasteiger partial charge in [-0.3, -0.25) is 14.4 Å². The minimum atomic E-state index is -4.15. The molecule has 0 spiro atoms. The van der Waals surface area contributed by atoms with Gasteiger partial charge in [-0.2, -0.15) is 0 Å². The van der Waals surface area contributed by atoms with Crippen LogP contribution in [0.25, 0.3) is 0 Å². The number of hydrogen-bond acceptors (Lipinski definition) is 9. The van der Waals surface area contributed by atoms with Crippen molar-refractivity contribution in [2.24, 2.45) is 0 Å². The molecule has 3 rings (SSSR count). The molecule has 0 radical (unpaired) electrons. The van der Waals surface area contributed by atoms with Crippen LogP contribution in [-0.2, 0) is 14.8 Å². The Balaban J connectivity index is 1.96. The molecule has 0 aliphatic carbocycles. The number of amides is 1. The number of anilines is 2. The molecule has 0 bridgehead atoms. The van der Waals surface area contributed by atoms with E-state index in [2.05, 4.69) is 22.1 Å². The Morgan fingerprint density at radius 1 is 1.11 bits per heavy atom. The van der Waals surface area contributed by atoms with E-state index in [4.69, 9.17) is 9.47 Å². The number of carbonyl (C=O) groups excluding carboxylic acids is 1. The number of benzene rings is 2. The first kappa shape index (κ1) is 26.5. The molecule has 1 N–H and O–H groups in total. The van der Waals surface area contributed by atoms with Crippen molar-refractivity contribution in [1.29, 1.82) is 0 Å². The van der Waals surface area contributed by atoms with Crippen molar-refractivity contribution >= 4 is 49.8 Å². The number of thioether (sulfide) groups is 1. The number of carbonyl (C=O) groups is 1. The van der Waals surface area contributed by atoms with Gasteiger partial charge in [-0.15, -0.1) is 16.8 Å². The van der Waals surface area contributed by atoms with Gasteiger partial charge in [0.05, 0.1) is 24.8 Å². The van der Waals surface area contributed by atoms with Gasteiger partial charge in [0, 0.05) is 11.8 Å².